The van der Waals surface area contributed by atoms with Crippen molar-refractivity contribution < 1.29 is 27.1 Å². The Balaban J connectivity index is 3.18. The van der Waals surface area contributed by atoms with E-state index in [2.05, 4.69) is 4.18 Å². The van der Waals surface area contributed by atoms with Gasteiger partial charge in [-0.25, -0.2) is 0 Å². The molecule has 0 radical (unpaired) electrons. The first-order chi connectivity index (χ1) is 6.42. The third-order valence-corrected chi connectivity index (χ3v) is 1.71. The summed E-state index contributed by atoms with van der Waals surface area (Å²) in [6, 6.07) is 3.24. The Morgan fingerprint density at radius 3 is 2.50 bits per heavy atom. The zero-order valence-electron chi connectivity index (χ0n) is 6.75. The number of aromatic hydroxyl groups is 1. The van der Waals surface area contributed by atoms with E-state index in [4.69, 9.17) is 9.66 Å². The van der Waals surface area contributed by atoms with Crippen molar-refractivity contribution in [3.8, 4) is 11.5 Å². The highest BCUT2D eigenvalue weighted by Gasteiger charge is 2.11. The lowest BCUT2D eigenvalue weighted by molar-refractivity contribution is 0.112. The maximum absolute atomic E-state index is 10.4. The topological polar surface area (TPSA) is 101 Å². The lowest BCUT2D eigenvalue weighted by atomic mass is 10.2. The molecule has 7 heteroatoms. The predicted molar refractivity (Wildman–Crippen MR) is 45.7 cm³/mol. The molecule has 0 aliphatic rings. The Bertz CT molecular complexity index is 449. The van der Waals surface area contributed by atoms with E-state index >= 15 is 0 Å². The van der Waals surface area contributed by atoms with Crippen LogP contribution in [0.2, 0.25) is 0 Å². The van der Waals surface area contributed by atoms with Crippen LogP contribution in [-0.2, 0) is 10.4 Å². The Kier molecular flexibility index (Phi) is 2.73. The van der Waals surface area contributed by atoms with Crippen molar-refractivity contribution in [2.45, 2.75) is 0 Å². The van der Waals surface area contributed by atoms with Crippen molar-refractivity contribution in [3.63, 3.8) is 0 Å². The second kappa shape index (κ2) is 3.64. The first kappa shape index (κ1) is 10.5. The fourth-order valence-electron chi connectivity index (χ4n) is 0.806. The maximum Gasteiger partial charge on any atom is 0.446 e. The number of aldehydes is 1. The third-order valence-electron chi connectivity index (χ3n) is 1.32. The Hall–Kier alpha value is -1.60. The molecule has 1 rings (SSSR count). The molecule has 0 bridgehead atoms. The highest BCUT2D eigenvalue weighted by atomic mass is 32.3. The van der Waals surface area contributed by atoms with E-state index in [1.807, 2.05) is 0 Å². The van der Waals surface area contributed by atoms with Crippen LogP contribution in [0.5, 0.6) is 11.5 Å². The van der Waals surface area contributed by atoms with Crippen LogP contribution in [0, 0.1) is 0 Å². The molecular formula is C7H6O6S. The first-order valence-electron chi connectivity index (χ1n) is 3.37. The first-order valence-corrected chi connectivity index (χ1v) is 4.74. The Labute approximate surface area is 79.7 Å². The summed E-state index contributed by atoms with van der Waals surface area (Å²) in [5.74, 6) is -0.711. The summed E-state index contributed by atoms with van der Waals surface area (Å²) in [7, 11) is -4.70. The van der Waals surface area contributed by atoms with Gasteiger partial charge in [-0.1, -0.05) is 0 Å². The molecule has 0 spiro atoms. The van der Waals surface area contributed by atoms with Crippen LogP contribution in [0.4, 0.5) is 0 Å². The molecule has 0 heterocycles. The van der Waals surface area contributed by atoms with Crippen LogP contribution >= 0.6 is 0 Å². The molecule has 0 amide bonds. The van der Waals surface area contributed by atoms with Crippen molar-refractivity contribution in [1.29, 1.82) is 0 Å². The highest BCUT2D eigenvalue weighted by Crippen LogP contribution is 2.23. The van der Waals surface area contributed by atoms with Crippen LogP contribution in [-0.4, -0.2) is 24.4 Å². The molecular weight excluding hydrogens is 212 g/mol. The van der Waals surface area contributed by atoms with Crippen molar-refractivity contribution in [2.75, 3.05) is 0 Å². The fourth-order valence-corrected chi connectivity index (χ4v) is 1.18. The molecule has 0 aliphatic carbocycles. The minimum atomic E-state index is -4.70. The summed E-state index contributed by atoms with van der Waals surface area (Å²) in [5, 5.41) is 8.96. The summed E-state index contributed by atoms with van der Waals surface area (Å²) >= 11 is 0. The summed E-state index contributed by atoms with van der Waals surface area (Å²) in [6.07, 6.45) is 0.333. The molecule has 0 aromatic heterocycles. The van der Waals surface area contributed by atoms with Gasteiger partial charge in [-0.3, -0.25) is 9.35 Å². The summed E-state index contributed by atoms with van der Waals surface area (Å²) in [5.41, 5.74) is -0.0968. The van der Waals surface area contributed by atoms with Crippen LogP contribution in [0.1, 0.15) is 10.4 Å². The minimum Gasteiger partial charge on any atom is -0.508 e. The summed E-state index contributed by atoms with van der Waals surface area (Å²) < 4.78 is 33.0. The molecule has 0 saturated heterocycles. The van der Waals surface area contributed by atoms with Crippen LogP contribution in [0.3, 0.4) is 0 Å². The van der Waals surface area contributed by atoms with Gasteiger partial charge >= 0.3 is 10.4 Å². The van der Waals surface area contributed by atoms with Crippen molar-refractivity contribution in [3.05, 3.63) is 23.8 Å². The van der Waals surface area contributed by atoms with E-state index in [-0.39, 0.29) is 11.3 Å². The average molecular weight is 218 g/mol. The highest BCUT2D eigenvalue weighted by molar-refractivity contribution is 7.81. The molecule has 76 valence electrons. The van der Waals surface area contributed by atoms with E-state index in [1.165, 1.54) is 6.07 Å². The SMILES string of the molecule is O=Cc1ccc(O)cc1OS(=O)(=O)O. The van der Waals surface area contributed by atoms with E-state index in [9.17, 15) is 13.2 Å². The van der Waals surface area contributed by atoms with Gasteiger partial charge in [0, 0.05) is 6.07 Å². The molecule has 0 atom stereocenters. The van der Waals surface area contributed by atoms with Crippen molar-refractivity contribution >= 4 is 16.7 Å². The molecule has 1 aromatic rings. The normalized spacial score (nSPS) is 10.9. The smallest absolute Gasteiger partial charge is 0.446 e. The lowest BCUT2D eigenvalue weighted by Gasteiger charge is -2.03. The third kappa shape index (κ3) is 2.71. The second-order valence-electron chi connectivity index (χ2n) is 2.35. The van der Waals surface area contributed by atoms with Gasteiger partial charge in [0.25, 0.3) is 0 Å². The second-order valence-corrected chi connectivity index (χ2v) is 3.37. The standard InChI is InChI=1S/C7H6O6S/c8-4-5-1-2-6(9)3-7(5)13-14(10,11)12/h1-4,9H,(H,10,11,12). The fraction of sp³-hybridized carbons (Fsp3) is 0. The Morgan fingerprint density at radius 2 is 2.00 bits per heavy atom. The zero-order valence-corrected chi connectivity index (χ0v) is 7.56. The largest absolute Gasteiger partial charge is 0.508 e. The van der Waals surface area contributed by atoms with E-state index in [0.29, 0.717) is 6.29 Å². The van der Waals surface area contributed by atoms with Gasteiger partial charge in [0.2, 0.25) is 0 Å². The number of carbonyl (C=O) groups excluding carboxylic acids is 1. The molecule has 1 aromatic carbocycles. The number of benzene rings is 1. The molecule has 0 saturated carbocycles. The maximum atomic E-state index is 10.4. The molecule has 0 unspecified atom stereocenters. The van der Waals surface area contributed by atoms with Gasteiger partial charge < -0.3 is 9.29 Å². The monoisotopic (exact) mass is 218 g/mol. The number of hydrogen-bond donors (Lipinski definition) is 2. The summed E-state index contributed by atoms with van der Waals surface area (Å²) in [4.78, 5) is 10.4. The van der Waals surface area contributed by atoms with Crippen molar-refractivity contribution in [1.82, 2.24) is 0 Å². The lowest BCUT2D eigenvalue weighted by Crippen LogP contribution is -2.08. The number of carbonyl (C=O) groups is 1. The van der Waals surface area contributed by atoms with Gasteiger partial charge in [0.05, 0.1) is 5.56 Å². The van der Waals surface area contributed by atoms with Gasteiger partial charge in [-0.15, -0.1) is 0 Å². The zero-order chi connectivity index (χ0) is 10.8. The molecule has 0 fully saturated rings. The van der Waals surface area contributed by atoms with E-state index in [0.717, 1.165) is 12.1 Å². The Morgan fingerprint density at radius 1 is 1.36 bits per heavy atom. The van der Waals surface area contributed by atoms with Gasteiger partial charge in [-0.2, -0.15) is 8.42 Å². The van der Waals surface area contributed by atoms with E-state index in [1.54, 1.807) is 0 Å². The van der Waals surface area contributed by atoms with Crippen molar-refractivity contribution in [2.24, 2.45) is 0 Å². The predicted octanol–water partition coefficient (Wildman–Crippen LogP) is 0.386. The van der Waals surface area contributed by atoms with Gasteiger partial charge in [-0.05, 0) is 12.1 Å². The quantitative estimate of drug-likeness (QED) is 0.562. The summed E-state index contributed by atoms with van der Waals surface area (Å²) in [6.45, 7) is 0. The van der Waals surface area contributed by atoms with Crippen LogP contribution in [0.15, 0.2) is 18.2 Å². The number of phenolic OH excluding ortho intramolecular Hbond substituents is 1. The minimum absolute atomic E-state index is 0.0968. The molecule has 6 nitrogen and oxygen atoms in total. The van der Waals surface area contributed by atoms with Crippen LogP contribution in [0.25, 0.3) is 0 Å². The number of phenols is 1. The van der Waals surface area contributed by atoms with Gasteiger partial charge in [0.15, 0.2) is 12.0 Å². The molecule has 2 N–H and O–H groups in total. The van der Waals surface area contributed by atoms with Gasteiger partial charge in [0.1, 0.15) is 5.75 Å². The van der Waals surface area contributed by atoms with Crippen LogP contribution < -0.4 is 4.18 Å². The van der Waals surface area contributed by atoms with E-state index < -0.39 is 16.1 Å². The number of rotatable bonds is 3. The average Bonchev–Trinajstić information content (AvgIpc) is 2.01. The molecule has 0 aliphatic heterocycles. The molecule has 14 heavy (non-hydrogen) atoms. The number of hydrogen-bond acceptors (Lipinski definition) is 5.